The summed E-state index contributed by atoms with van der Waals surface area (Å²) in [6.45, 7) is 2.34. The molecule has 1 amide bonds. The van der Waals surface area contributed by atoms with Crippen LogP contribution >= 0.6 is 0 Å². The van der Waals surface area contributed by atoms with Gasteiger partial charge in [0.15, 0.2) is 0 Å². The Morgan fingerprint density at radius 2 is 2.15 bits per heavy atom. The number of amides is 1. The third kappa shape index (κ3) is 3.74. The first-order valence-electron chi connectivity index (χ1n) is 8.74. The van der Waals surface area contributed by atoms with Gasteiger partial charge in [0.25, 0.3) is 5.91 Å². The van der Waals surface area contributed by atoms with E-state index in [9.17, 15) is 18.0 Å². The molecule has 1 unspecified atom stereocenters. The van der Waals surface area contributed by atoms with E-state index in [4.69, 9.17) is 9.47 Å². The Kier molecular flexibility index (Phi) is 4.51. The van der Waals surface area contributed by atoms with Crippen molar-refractivity contribution in [3.63, 3.8) is 0 Å². The summed E-state index contributed by atoms with van der Waals surface area (Å²) in [5.41, 5.74) is 0.129. The predicted molar refractivity (Wildman–Crippen MR) is 89.6 cm³/mol. The summed E-state index contributed by atoms with van der Waals surface area (Å²) < 4.78 is 53.2. The van der Waals surface area contributed by atoms with Gasteiger partial charge in [-0.2, -0.15) is 0 Å². The second-order valence-corrected chi connectivity index (χ2v) is 6.86. The molecule has 1 N–H and O–H groups in total. The highest BCUT2D eigenvalue weighted by atomic mass is 19.4. The van der Waals surface area contributed by atoms with E-state index in [1.165, 1.54) is 18.2 Å². The van der Waals surface area contributed by atoms with Gasteiger partial charge in [-0.1, -0.05) is 6.07 Å². The van der Waals surface area contributed by atoms with Crippen molar-refractivity contribution in [2.24, 2.45) is 0 Å². The molecule has 4 rings (SSSR count). The Labute approximate surface area is 153 Å². The number of nitrogens with zero attached hydrogens (tertiary/aromatic N) is 1. The number of fused-ring (bicyclic) bond motifs is 1. The molecule has 2 aliphatic rings. The number of aromatic amines is 1. The number of halogens is 3. The lowest BCUT2D eigenvalue weighted by Gasteiger charge is -2.44. The minimum absolute atomic E-state index is 0.210. The van der Waals surface area contributed by atoms with Crippen LogP contribution in [-0.4, -0.2) is 60.7 Å². The molecule has 0 aliphatic carbocycles. The average molecular weight is 384 g/mol. The van der Waals surface area contributed by atoms with Crippen LogP contribution in [0.1, 0.15) is 23.3 Å². The fourth-order valence-electron chi connectivity index (χ4n) is 3.71. The van der Waals surface area contributed by atoms with Gasteiger partial charge in [-0.15, -0.1) is 13.2 Å². The van der Waals surface area contributed by atoms with Crippen molar-refractivity contribution in [3.05, 3.63) is 30.0 Å². The van der Waals surface area contributed by atoms with Crippen LogP contribution in [0.25, 0.3) is 10.9 Å². The minimum Gasteiger partial charge on any atom is -0.405 e. The summed E-state index contributed by atoms with van der Waals surface area (Å²) in [5, 5.41) is 0.210. The monoisotopic (exact) mass is 384 g/mol. The van der Waals surface area contributed by atoms with Gasteiger partial charge in [-0.25, -0.2) is 0 Å². The Bertz CT molecular complexity index is 837. The first-order valence-corrected chi connectivity index (χ1v) is 8.74. The van der Waals surface area contributed by atoms with E-state index in [1.807, 2.05) is 0 Å². The number of hydrogen-bond acceptors (Lipinski definition) is 4. The van der Waals surface area contributed by atoms with Crippen LogP contribution < -0.4 is 4.74 Å². The number of morpholine rings is 1. The van der Waals surface area contributed by atoms with Crippen LogP contribution in [0.2, 0.25) is 0 Å². The molecular formula is C18H19F3N2O4. The topological polar surface area (TPSA) is 63.8 Å². The van der Waals surface area contributed by atoms with E-state index in [0.29, 0.717) is 38.4 Å². The van der Waals surface area contributed by atoms with E-state index in [-0.39, 0.29) is 22.7 Å². The van der Waals surface area contributed by atoms with Gasteiger partial charge < -0.3 is 24.1 Å². The molecule has 2 aromatic rings. The number of carbonyl (C=O) groups is 1. The molecule has 1 spiro atoms. The molecule has 1 atom stereocenters. The number of alkyl halides is 3. The highest BCUT2D eigenvalue weighted by Gasteiger charge is 2.40. The molecule has 6 nitrogen and oxygen atoms in total. The van der Waals surface area contributed by atoms with Gasteiger partial charge >= 0.3 is 6.36 Å². The van der Waals surface area contributed by atoms with Gasteiger partial charge in [0.2, 0.25) is 0 Å². The van der Waals surface area contributed by atoms with Crippen LogP contribution in [0.3, 0.4) is 0 Å². The lowest BCUT2D eigenvalue weighted by atomic mass is 9.94. The van der Waals surface area contributed by atoms with Crippen LogP contribution in [0, 0.1) is 0 Å². The summed E-state index contributed by atoms with van der Waals surface area (Å²) in [6.07, 6.45) is -3.12. The Morgan fingerprint density at radius 1 is 1.30 bits per heavy atom. The highest BCUT2D eigenvalue weighted by molar-refractivity contribution is 5.99. The van der Waals surface area contributed by atoms with Crippen LogP contribution in [0.4, 0.5) is 13.2 Å². The molecule has 27 heavy (non-hydrogen) atoms. The number of nitrogens with one attached hydrogen (secondary N) is 1. The van der Waals surface area contributed by atoms with Gasteiger partial charge in [-0.3, -0.25) is 4.79 Å². The Balaban J connectivity index is 1.58. The Hall–Kier alpha value is -2.26. The molecule has 146 valence electrons. The molecule has 0 radical (unpaired) electrons. The van der Waals surface area contributed by atoms with Gasteiger partial charge in [0.05, 0.1) is 19.8 Å². The lowest BCUT2D eigenvalue weighted by Crippen LogP contribution is -2.57. The molecule has 9 heteroatoms. The zero-order valence-corrected chi connectivity index (χ0v) is 14.5. The fraction of sp³-hybridized carbons (Fsp3) is 0.500. The first kappa shape index (κ1) is 18.1. The van der Waals surface area contributed by atoms with E-state index in [2.05, 4.69) is 9.72 Å². The number of aromatic nitrogens is 1. The van der Waals surface area contributed by atoms with E-state index in [1.54, 1.807) is 11.0 Å². The zero-order chi connectivity index (χ0) is 19.1. The molecule has 2 aliphatic heterocycles. The van der Waals surface area contributed by atoms with E-state index in [0.717, 1.165) is 12.8 Å². The molecule has 2 saturated heterocycles. The number of rotatable bonds is 2. The summed E-state index contributed by atoms with van der Waals surface area (Å²) in [4.78, 5) is 17.5. The van der Waals surface area contributed by atoms with Gasteiger partial charge in [-0.05, 0) is 31.0 Å². The maximum Gasteiger partial charge on any atom is 0.573 e. The first-order chi connectivity index (χ1) is 12.9. The molecule has 2 fully saturated rings. The number of hydrogen-bond donors (Lipinski definition) is 1. The second-order valence-electron chi connectivity index (χ2n) is 6.86. The summed E-state index contributed by atoms with van der Waals surface area (Å²) in [7, 11) is 0. The normalized spacial score (nSPS) is 23.7. The van der Waals surface area contributed by atoms with Crippen molar-refractivity contribution in [1.82, 2.24) is 9.88 Å². The van der Waals surface area contributed by atoms with Crippen molar-refractivity contribution >= 4 is 16.8 Å². The maximum absolute atomic E-state index is 12.9. The van der Waals surface area contributed by atoms with Crippen LogP contribution in [-0.2, 0) is 9.47 Å². The predicted octanol–water partition coefficient (Wildman–Crippen LogP) is 3.09. The van der Waals surface area contributed by atoms with E-state index < -0.39 is 12.0 Å². The fourth-order valence-corrected chi connectivity index (χ4v) is 3.71. The molecule has 1 aromatic carbocycles. The maximum atomic E-state index is 12.9. The molecular weight excluding hydrogens is 365 g/mol. The number of benzene rings is 1. The third-order valence-electron chi connectivity index (χ3n) is 4.90. The Morgan fingerprint density at radius 3 is 2.89 bits per heavy atom. The van der Waals surface area contributed by atoms with Gasteiger partial charge in [0.1, 0.15) is 17.0 Å². The smallest absolute Gasteiger partial charge is 0.405 e. The van der Waals surface area contributed by atoms with E-state index >= 15 is 0 Å². The van der Waals surface area contributed by atoms with Crippen molar-refractivity contribution in [1.29, 1.82) is 0 Å². The summed E-state index contributed by atoms with van der Waals surface area (Å²) in [6, 6.07) is 5.67. The van der Waals surface area contributed by atoms with Crippen molar-refractivity contribution in [3.8, 4) is 5.75 Å². The summed E-state index contributed by atoms with van der Waals surface area (Å²) >= 11 is 0. The molecule has 1 aromatic heterocycles. The largest absolute Gasteiger partial charge is 0.573 e. The molecule has 3 heterocycles. The van der Waals surface area contributed by atoms with Crippen molar-refractivity contribution in [2.75, 3.05) is 32.9 Å². The number of carbonyl (C=O) groups excluding carboxylic acids is 1. The third-order valence-corrected chi connectivity index (χ3v) is 4.90. The molecule has 0 bridgehead atoms. The zero-order valence-electron chi connectivity index (χ0n) is 14.5. The lowest BCUT2D eigenvalue weighted by molar-refractivity contribution is -0.274. The van der Waals surface area contributed by atoms with Crippen LogP contribution in [0.5, 0.6) is 5.75 Å². The minimum atomic E-state index is -4.80. The highest BCUT2D eigenvalue weighted by Crippen LogP contribution is 2.32. The number of H-pyrrole nitrogens is 1. The van der Waals surface area contributed by atoms with Crippen molar-refractivity contribution < 1.29 is 32.2 Å². The molecule has 0 saturated carbocycles. The second kappa shape index (κ2) is 6.72. The van der Waals surface area contributed by atoms with Crippen LogP contribution in [0.15, 0.2) is 24.3 Å². The average Bonchev–Trinajstić information content (AvgIpc) is 3.06. The quantitative estimate of drug-likeness (QED) is 0.864. The number of ether oxygens (including phenoxy) is 3. The van der Waals surface area contributed by atoms with Gasteiger partial charge in [0, 0.05) is 24.1 Å². The SMILES string of the molecule is O=C(c1cc2c(OC(F)(F)F)cccc2[nH]1)N1CCOC2(CCCOC2)C1. The summed E-state index contributed by atoms with van der Waals surface area (Å²) in [5.74, 6) is -0.619. The standard InChI is InChI=1S/C18H19F3N2O4/c19-18(20,21)27-15-4-1-3-13-12(15)9-14(22-13)16(24)23-6-8-26-17(10-23)5-2-7-25-11-17/h1,3-4,9,22H,2,5-8,10-11H2. The van der Waals surface area contributed by atoms with Crippen molar-refractivity contribution in [2.45, 2.75) is 24.8 Å².